The third-order valence-electron chi connectivity index (χ3n) is 10.2. The van der Waals surface area contributed by atoms with E-state index in [1.54, 1.807) is 4.90 Å². The molecule has 0 spiro atoms. The van der Waals surface area contributed by atoms with Crippen LogP contribution in [-0.2, 0) is 23.9 Å². The minimum absolute atomic E-state index is 0.00260. The van der Waals surface area contributed by atoms with Crippen molar-refractivity contribution in [2.45, 2.75) is 212 Å². The van der Waals surface area contributed by atoms with Gasteiger partial charge >= 0.3 is 11.9 Å². The second-order valence-electron chi connectivity index (χ2n) is 15.6. The summed E-state index contributed by atoms with van der Waals surface area (Å²) in [5.41, 5.74) is 0. The molecule has 1 aliphatic heterocycles. The van der Waals surface area contributed by atoms with Crippen LogP contribution in [0.2, 0.25) is 0 Å². The Labute approximate surface area is 321 Å². The van der Waals surface area contributed by atoms with Crippen LogP contribution >= 0.6 is 0 Å². The van der Waals surface area contributed by atoms with Gasteiger partial charge in [-0.25, -0.2) is 0 Å². The van der Waals surface area contributed by atoms with Gasteiger partial charge in [-0.2, -0.15) is 0 Å². The van der Waals surface area contributed by atoms with Gasteiger partial charge in [0.1, 0.15) is 0 Å². The largest absolute Gasteiger partial charge is 0.456 e. The first-order valence-electron chi connectivity index (χ1n) is 22.0. The predicted octanol–water partition coefficient (Wildman–Crippen LogP) is 11.7. The van der Waals surface area contributed by atoms with Crippen LogP contribution in [-0.4, -0.2) is 73.6 Å². The maximum Gasteiger partial charge on any atom is 0.306 e. The van der Waals surface area contributed by atoms with Gasteiger partial charge in [0.15, 0.2) is 12.2 Å². The Balaban J connectivity index is 2.27. The fourth-order valence-electron chi connectivity index (χ4n) is 6.79. The molecular weight excluding hydrogens is 649 g/mol. The van der Waals surface area contributed by atoms with Crippen LogP contribution in [0.15, 0.2) is 24.3 Å². The zero-order valence-electron chi connectivity index (χ0n) is 34.5. The average molecular weight is 731 g/mol. The van der Waals surface area contributed by atoms with Gasteiger partial charge < -0.3 is 19.3 Å². The lowest BCUT2D eigenvalue weighted by Crippen LogP contribution is -2.33. The standard InChI is InChI=1S/C45H82N2O5/c1-5-7-9-11-13-15-17-19-21-23-25-27-29-31-33-35-44(49)51-41-39-47(43(48)37-38-46(3)4)40-42(41)52-45(50)36-34-32-30-28-26-24-22-20-18-16-14-12-10-8-6-2/h19-22,41-42H,5-18,23-40H2,1-4H3/t41-,42-/m1/s1. The third-order valence-corrected chi connectivity index (χ3v) is 10.2. The number of ether oxygens (including phenoxy) is 2. The number of unbranched alkanes of at least 4 members (excludes halogenated alkanes) is 22. The molecule has 1 saturated heterocycles. The van der Waals surface area contributed by atoms with Crippen molar-refractivity contribution in [1.29, 1.82) is 0 Å². The van der Waals surface area contributed by atoms with Crippen molar-refractivity contribution in [1.82, 2.24) is 9.80 Å². The number of esters is 2. The van der Waals surface area contributed by atoms with Crippen molar-refractivity contribution in [3.8, 4) is 0 Å². The smallest absolute Gasteiger partial charge is 0.306 e. The molecule has 0 saturated carbocycles. The molecule has 302 valence electrons. The summed E-state index contributed by atoms with van der Waals surface area (Å²) in [5, 5.41) is 0. The molecule has 0 N–H and O–H groups in total. The van der Waals surface area contributed by atoms with Crippen LogP contribution in [0.25, 0.3) is 0 Å². The number of nitrogens with zero attached hydrogens (tertiary/aromatic N) is 2. The van der Waals surface area contributed by atoms with E-state index in [1.165, 1.54) is 116 Å². The molecule has 1 aliphatic rings. The second-order valence-corrected chi connectivity index (χ2v) is 15.6. The molecule has 0 aromatic heterocycles. The van der Waals surface area contributed by atoms with Crippen molar-refractivity contribution in [3.05, 3.63) is 24.3 Å². The van der Waals surface area contributed by atoms with Gasteiger partial charge in [-0.3, -0.25) is 14.4 Å². The van der Waals surface area contributed by atoms with E-state index in [-0.39, 0.29) is 30.9 Å². The van der Waals surface area contributed by atoms with Crippen LogP contribution in [0.1, 0.15) is 200 Å². The van der Waals surface area contributed by atoms with Crippen molar-refractivity contribution in [2.75, 3.05) is 33.7 Å². The van der Waals surface area contributed by atoms with E-state index in [9.17, 15) is 14.4 Å². The highest BCUT2D eigenvalue weighted by Crippen LogP contribution is 2.21. The summed E-state index contributed by atoms with van der Waals surface area (Å²) in [6, 6.07) is 0. The van der Waals surface area contributed by atoms with Crippen LogP contribution in [0.3, 0.4) is 0 Å². The molecule has 0 aromatic carbocycles. The first kappa shape index (κ1) is 47.9. The van der Waals surface area contributed by atoms with Crippen LogP contribution in [0.5, 0.6) is 0 Å². The predicted molar refractivity (Wildman–Crippen MR) is 218 cm³/mol. The summed E-state index contributed by atoms with van der Waals surface area (Å²) in [7, 11) is 3.88. The van der Waals surface area contributed by atoms with Crippen molar-refractivity contribution in [2.24, 2.45) is 0 Å². The molecule has 1 fully saturated rings. The summed E-state index contributed by atoms with van der Waals surface area (Å²) in [5.74, 6) is -0.519. The van der Waals surface area contributed by atoms with Gasteiger partial charge in [-0.05, 0) is 78.3 Å². The van der Waals surface area contributed by atoms with E-state index in [1.807, 2.05) is 19.0 Å². The lowest BCUT2D eigenvalue weighted by atomic mass is 10.1. The van der Waals surface area contributed by atoms with Crippen LogP contribution in [0, 0.1) is 0 Å². The Morgan fingerprint density at radius 2 is 0.827 bits per heavy atom. The number of carbonyl (C=O) groups is 3. The summed E-state index contributed by atoms with van der Waals surface area (Å²) < 4.78 is 11.7. The first-order valence-corrected chi connectivity index (χ1v) is 22.0. The molecule has 1 heterocycles. The summed E-state index contributed by atoms with van der Waals surface area (Å²) >= 11 is 0. The fraction of sp³-hybridized carbons (Fsp3) is 0.844. The minimum atomic E-state index is -0.600. The number of hydrogen-bond acceptors (Lipinski definition) is 6. The van der Waals surface area contributed by atoms with Crippen LogP contribution < -0.4 is 0 Å². The molecule has 0 bridgehead atoms. The van der Waals surface area contributed by atoms with E-state index >= 15 is 0 Å². The minimum Gasteiger partial charge on any atom is -0.456 e. The third kappa shape index (κ3) is 28.4. The zero-order valence-corrected chi connectivity index (χ0v) is 34.5. The van der Waals surface area contributed by atoms with Gasteiger partial charge in [0.2, 0.25) is 5.91 Å². The Morgan fingerprint density at radius 1 is 0.500 bits per heavy atom. The maximum absolute atomic E-state index is 12.9. The first-order chi connectivity index (χ1) is 25.4. The van der Waals surface area contributed by atoms with Gasteiger partial charge in [-0.1, -0.05) is 141 Å². The highest BCUT2D eigenvalue weighted by molar-refractivity contribution is 5.77. The van der Waals surface area contributed by atoms with E-state index in [0.717, 1.165) is 51.4 Å². The normalized spacial score (nSPS) is 16.1. The molecular formula is C45H82N2O5. The fourth-order valence-corrected chi connectivity index (χ4v) is 6.79. The molecule has 0 radical (unpaired) electrons. The van der Waals surface area contributed by atoms with E-state index < -0.39 is 12.2 Å². The number of amides is 1. The van der Waals surface area contributed by atoms with Crippen molar-refractivity contribution < 1.29 is 23.9 Å². The number of allylic oxidation sites excluding steroid dienone is 4. The Bertz CT molecular complexity index is 871. The molecule has 1 rings (SSSR count). The van der Waals surface area contributed by atoms with Gasteiger partial charge in [-0.15, -0.1) is 0 Å². The molecule has 52 heavy (non-hydrogen) atoms. The molecule has 1 amide bonds. The van der Waals surface area contributed by atoms with Gasteiger partial charge in [0.05, 0.1) is 13.1 Å². The summed E-state index contributed by atoms with van der Waals surface area (Å²) in [6.07, 6.45) is 40.7. The Morgan fingerprint density at radius 3 is 1.17 bits per heavy atom. The number of carbonyl (C=O) groups excluding carboxylic acids is 3. The zero-order chi connectivity index (χ0) is 37.9. The SMILES string of the molecule is CCCCCCCCC=CCCCCCCCC(=O)O[C@@H]1CN(C(=O)CCN(C)C)C[C@H]1OC(=O)CCCCCCCC=CCCCCCCCC. The Kier molecular flexibility index (Phi) is 31.9. The Hall–Kier alpha value is -2.15. The maximum atomic E-state index is 12.9. The van der Waals surface area contributed by atoms with E-state index in [0.29, 0.717) is 25.8 Å². The van der Waals surface area contributed by atoms with Crippen LogP contribution in [0.4, 0.5) is 0 Å². The second kappa shape index (κ2) is 34.6. The molecule has 0 unspecified atom stereocenters. The van der Waals surface area contributed by atoms with E-state index in [2.05, 4.69) is 38.2 Å². The number of rotatable bonds is 35. The van der Waals surface area contributed by atoms with E-state index in [4.69, 9.17) is 9.47 Å². The molecule has 7 nitrogen and oxygen atoms in total. The topological polar surface area (TPSA) is 76.2 Å². The van der Waals surface area contributed by atoms with Crippen molar-refractivity contribution >= 4 is 17.8 Å². The highest BCUT2D eigenvalue weighted by atomic mass is 16.6. The quantitative estimate of drug-likeness (QED) is 0.0367. The molecule has 0 aromatic rings. The summed E-state index contributed by atoms with van der Waals surface area (Å²) in [6.45, 7) is 5.75. The lowest BCUT2D eigenvalue weighted by molar-refractivity contribution is -0.164. The number of likely N-dealkylation sites (tertiary alicyclic amines) is 1. The van der Waals surface area contributed by atoms with Gasteiger partial charge in [0.25, 0.3) is 0 Å². The monoisotopic (exact) mass is 731 g/mol. The molecule has 2 atom stereocenters. The number of hydrogen-bond donors (Lipinski definition) is 0. The van der Waals surface area contributed by atoms with Gasteiger partial charge in [0, 0.05) is 25.8 Å². The van der Waals surface area contributed by atoms with Crippen molar-refractivity contribution in [3.63, 3.8) is 0 Å². The highest BCUT2D eigenvalue weighted by Gasteiger charge is 2.40. The average Bonchev–Trinajstić information content (AvgIpc) is 3.51. The molecule has 0 aliphatic carbocycles. The molecule has 7 heteroatoms. The lowest BCUT2D eigenvalue weighted by Gasteiger charge is -2.19. The summed E-state index contributed by atoms with van der Waals surface area (Å²) in [4.78, 5) is 42.2.